The first kappa shape index (κ1) is 9.64. The van der Waals surface area contributed by atoms with Gasteiger partial charge in [-0.1, -0.05) is 23.8 Å². The molecule has 1 heterocycles. The van der Waals surface area contributed by atoms with E-state index in [-0.39, 0.29) is 5.78 Å². The Morgan fingerprint density at radius 2 is 2.12 bits per heavy atom. The molecule has 0 spiro atoms. The average Bonchev–Trinajstić information content (AvgIpc) is 2.87. The summed E-state index contributed by atoms with van der Waals surface area (Å²) in [5.74, 6) is 1.73. The molecule has 1 atom stereocenters. The van der Waals surface area contributed by atoms with Crippen molar-refractivity contribution in [3.05, 3.63) is 41.5 Å². The highest BCUT2D eigenvalue weighted by molar-refractivity contribution is 5.92. The lowest BCUT2D eigenvalue weighted by Gasteiger charge is -2.08. The van der Waals surface area contributed by atoms with Gasteiger partial charge in [0.15, 0.2) is 5.78 Å². The molecule has 0 amide bonds. The molecule has 1 aromatic rings. The fourth-order valence-electron chi connectivity index (χ4n) is 2.53. The number of para-hydroxylation sites is 1. The van der Waals surface area contributed by atoms with Gasteiger partial charge in [0.1, 0.15) is 5.75 Å². The summed E-state index contributed by atoms with van der Waals surface area (Å²) in [4.78, 5) is 11.2. The molecular formula is C14H14O2. The van der Waals surface area contributed by atoms with Crippen LogP contribution in [0.2, 0.25) is 0 Å². The van der Waals surface area contributed by atoms with Gasteiger partial charge in [-0.05, 0) is 25.0 Å². The molecule has 1 unspecified atom stereocenters. The Morgan fingerprint density at radius 1 is 1.25 bits per heavy atom. The van der Waals surface area contributed by atoms with Gasteiger partial charge in [-0.2, -0.15) is 0 Å². The Morgan fingerprint density at radius 3 is 2.94 bits per heavy atom. The van der Waals surface area contributed by atoms with Gasteiger partial charge in [0.25, 0.3) is 0 Å². The Hall–Kier alpha value is -1.57. The van der Waals surface area contributed by atoms with Crippen molar-refractivity contribution < 1.29 is 9.53 Å². The third kappa shape index (κ3) is 1.64. The summed E-state index contributed by atoms with van der Waals surface area (Å²) >= 11 is 0. The van der Waals surface area contributed by atoms with Crippen molar-refractivity contribution in [2.45, 2.75) is 25.2 Å². The smallest absolute Gasteiger partial charge is 0.155 e. The Bertz CT molecular complexity index is 460. The van der Waals surface area contributed by atoms with Gasteiger partial charge in [-0.25, -0.2) is 0 Å². The van der Waals surface area contributed by atoms with Crippen molar-refractivity contribution in [3.63, 3.8) is 0 Å². The Balaban J connectivity index is 1.79. The van der Waals surface area contributed by atoms with E-state index in [1.165, 1.54) is 11.1 Å². The topological polar surface area (TPSA) is 26.3 Å². The second-order valence-electron chi connectivity index (χ2n) is 4.52. The van der Waals surface area contributed by atoms with E-state index in [1.54, 1.807) is 0 Å². The van der Waals surface area contributed by atoms with Crippen LogP contribution in [0.3, 0.4) is 0 Å². The lowest BCUT2D eigenvalue weighted by atomic mass is 9.93. The number of hydrogen-bond acceptors (Lipinski definition) is 2. The van der Waals surface area contributed by atoms with Crippen molar-refractivity contribution in [1.82, 2.24) is 0 Å². The minimum atomic E-state index is 0.280. The molecule has 82 valence electrons. The minimum absolute atomic E-state index is 0.280. The summed E-state index contributed by atoms with van der Waals surface area (Å²) in [5.41, 5.74) is 2.58. The van der Waals surface area contributed by atoms with Crippen molar-refractivity contribution in [3.8, 4) is 5.75 Å². The predicted octanol–water partition coefficient (Wildman–Crippen LogP) is 2.84. The quantitative estimate of drug-likeness (QED) is 0.756. The van der Waals surface area contributed by atoms with Crippen molar-refractivity contribution in [1.29, 1.82) is 0 Å². The fourth-order valence-corrected chi connectivity index (χ4v) is 2.53. The van der Waals surface area contributed by atoms with E-state index in [2.05, 4.69) is 12.1 Å². The van der Waals surface area contributed by atoms with Crippen LogP contribution < -0.4 is 4.74 Å². The summed E-state index contributed by atoms with van der Waals surface area (Å²) in [6.45, 7) is 0.755. The van der Waals surface area contributed by atoms with Crippen molar-refractivity contribution in [2.24, 2.45) is 0 Å². The van der Waals surface area contributed by atoms with E-state index >= 15 is 0 Å². The number of benzene rings is 1. The lowest BCUT2D eigenvalue weighted by molar-refractivity contribution is -0.114. The number of hydrogen-bond donors (Lipinski definition) is 0. The largest absolute Gasteiger partial charge is 0.493 e. The molecule has 0 aromatic heterocycles. The molecule has 0 fully saturated rings. The average molecular weight is 214 g/mol. The molecule has 1 aliphatic heterocycles. The van der Waals surface area contributed by atoms with Crippen LogP contribution in [0.4, 0.5) is 0 Å². The van der Waals surface area contributed by atoms with E-state index in [9.17, 15) is 4.79 Å². The number of rotatable bonds is 2. The van der Waals surface area contributed by atoms with E-state index in [4.69, 9.17) is 4.74 Å². The highest BCUT2D eigenvalue weighted by atomic mass is 16.5. The molecule has 2 heteroatoms. The molecule has 1 aliphatic carbocycles. The molecular weight excluding hydrogens is 200 g/mol. The van der Waals surface area contributed by atoms with Gasteiger partial charge in [0, 0.05) is 17.9 Å². The predicted molar refractivity (Wildman–Crippen MR) is 61.6 cm³/mol. The summed E-state index contributed by atoms with van der Waals surface area (Å²) in [7, 11) is 0. The molecule has 0 bridgehead atoms. The molecule has 0 saturated heterocycles. The monoisotopic (exact) mass is 214 g/mol. The minimum Gasteiger partial charge on any atom is -0.493 e. The van der Waals surface area contributed by atoms with Crippen molar-refractivity contribution >= 4 is 5.78 Å². The summed E-state index contributed by atoms with van der Waals surface area (Å²) < 4.78 is 5.64. The molecule has 0 radical (unpaired) electrons. The molecule has 16 heavy (non-hydrogen) atoms. The van der Waals surface area contributed by atoms with Crippen molar-refractivity contribution in [2.75, 3.05) is 6.61 Å². The number of ether oxygens (including phenoxy) is 1. The molecule has 0 N–H and O–H groups in total. The standard InChI is InChI=1S/C14H14O2/c15-12-6-5-10(8-12)7-11-9-16-14-4-2-1-3-13(11)14/h1-4,8,11H,5-7,9H2. The first-order valence-corrected chi connectivity index (χ1v) is 5.77. The van der Waals surface area contributed by atoms with Crippen LogP contribution in [0.25, 0.3) is 0 Å². The maximum Gasteiger partial charge on any atom is 0.155 e. The van der Waals surface area contributed by atoms with Gasteiger partial charge in [-0.15, -0.1) is 0 Å². The normalized spacial score (nSPS) is 22.9. The highest BCUT2D eigenvalue weighted by Gasteiger charge is 2.25. The van der Waals surface area contributed by atoms with Gasteiger partial charge in [0.05, 0.1) is 6.61 Å². The first-order chi connectivity index (χ1) is 7.83. The second kappa shape index (κ2) is 3.78. The zero-order valence-corrected chi connectivity index (χ0v) is 9.11. The maximum atomic E-state index is 11.2. The number of carbonyl (C=O) groups is 1. The lowest BCUT2D eigenvalue weighted by Crippen LogP contribution is -2.01. The van der Waals surface area contributed by atoms with E-state index in [0.717, 1.165) is 25.2 Å². The van der Waals surface area contributed by atoms with Gasteiger partial charge in [0.2, 0.25) is 0 Å². The summed E-state index contributed by atoms with van der Waals surface area (Å²) in [6.07, 6.45) is 4.44. The number of allylic oxidation sites excluding steroid dienone is 2. The number of carbonyl (C=O) groups excluding carboxylic acids is 1. The van der Waals surface area contributed by atoms with E-state index in [1.807, 2.05) is 18.2 Å². The summed E-state index contributed by atoms with van der Waals surface area (Å²) in [5, 5.41) is 0. The molecule has 1 aromatic carbocycles. The van der Waals surface area contributed by atoms with Gasteiger partial charge < -0.3 is 4.74 Å². The third-order valence-corrected chi connectivity index (χ3v) is 3.37. The van der Waals surface area contributed by atoms with Crippen LogP contribution in [0.1, 0.15) is 30.7 Å². The van der Waals surface area contributed by atoms with Crippen LogP contribution in [0.15, 0.2) is 35.9 Å². The van der Waals surface area contributed by atoms with E-state index < -0.39 is 0 Å². The number of ketones is 1. The highest BCUT2D eigenvalue weighted by Crippen LogP contribution is 2.38. The van der Waals surface area contributed by atoms with E-state index in [0.29, 0.717) is 12.3 Å². The second-order valence-corrected chi connectivity index (χ2v) is 4.52. The molecule has 2 aliphatic rings. The zero-order chi connectivity index (χ0) is 11.0. The Labute approximate surface area is 94.9 Å². The van der Waals surface area contributed by atoms with Gasteiger partial charge >= 0.3 is 0 Å². The molecule has 3 rings (SSSR count). The van der Waals surface area contributed by atoms with Crippen LogP contribution >= 0.6 is 0 Å². The fraction of sp³-hybridized carbons (Fsp3) is 0.357. The first-order valence-electron chi connectivity index (χ1n) is 5.77. The van der Waals surface area contributed by atoms with Crippen LogP contribution in [-0.4, -0.2) is 12.4 Å². The Kier molecular flexibility index (Phi) is 2.28. The van der Waals surface area contributed by atoms with Crippen LogP contribution in [0.5, 0.6) is 5.75 Å². The zero-order valence-electron chi connectivity index (χ0n) is 9.11. The maximum absolute atomic E-state index is 11.2. The summed E-state index contributed by atoms with van der Waals surface area (Å²) in [6, 6.07) is 8.20. The van der Waals surface area contributed by atoms with Crippen LogP contribution in [-0.2, 0) is 4.79 Å². The van der Waals surface area contributed by atoms with Gasteiger partial charge in [-0.3, -0.25) is 4.79 Å². The third-order valence-electron chi connectivity index (χ3n) is 3.37. The van der Waals surface area contributed by atoms with Crippen LogP contribution in [0, 0.1) is 0 Å². The number of fused-ring (bicyclic) bond motifs is 1. The molecule has 0 saturated carbocycles. The molecule has 2 nitrogen and oxygen atoms in total. The SMILES string of the molecule is O=C1C=C(CC2COc3ccccc32)CC1.